The molecular formula is C12H22N2O3. The van der Waals surface area contributed by atoms with Gasteiger partial charge in [0.25, 0.3) is 0 Å². The van der Waals surface area contributed by atoms with E-state index in [1.807, 2.05) is 0 Å². The Hall–Kier alpha value is -1.10. The van der Waals surface area contributed by atoms with Gasteiger partial charge in [-0.3, -0.25) is 9.59 Å². The topological polar surface area (TPSA) is 83.6 Å². The highest BCUT2D eigenvalue weighted by Gasteiger charge is 2.20. The van der Waals surface area contributed by atoms with Crippen molar-refractivity contribution in [3.8, 4) is 0 Å². The van der Waals surface area contributed by atoms with E-state index >= 15 is 0 Å². The lowest BCUT2D eigenvalue weighted by Gasteiger charge is -2.20. The molecule has 1 aliphatic rings. The van der Waals surface area contributed by atoms with Gasteiger partial charge in [-0.25, -0.2) is 0 Å². The molecule has 0 spiro atoms. The minimum Gasteiger partial charge on any atom is -0.480 e. The van der Waals surface area contributed by atoms with Crippen molar-refractivity contribution in [3.63, 3.8) is 0 Å². The molecule has 0 aliphatic heterocycles. The van der Waals surface area contributed by atoms with Gasteiger partial charge in [0.15, 0.2) is 0 Å². The summed E-state index contributed by atoms with van der Waals surface area (Å²) in [5.41, 5.74) is 5.33. The molecule has 17 heavy (non-hydrogen) atoms. The Morgan fingerprint density at radius 2 is 2.00 bits per heavy atom. The van der Waals surface area contributed by atoms with Gasteiger partial charge >= 0.3 is 5.97 Å². The van der Waals surface area contributed by atoms with Crippen molar-refractivity contribution in [1.29, 1.82) is 0 Å². The maximum atomic E-state index is 11.6. The van der Waals surface area contributed by atoms with Crippen LogP contribution in [0.1, 0.15) is 38.5 Å². The molecule has 3 N–H and O–H groups in total. The van der Waals surface area contributed by atoms with Crippen molar-refractivity contribution < 1.29 is 14.7 Å². The first-order chi connectivity index (χ1) is 8.00. The second-order valence-electron chi connectivity index (χ2n) is 4.90. The predicted octanol–water partition coefficient (Wildman–Crippen LogP) is 0.827. The fraction of sp³-hybridized carbons (Fsp3) is 0.833. The Morgan fingerprint density at radius 1 is 1.41 bits per heavy atom. The van der Waals surface area contributed by atoms with Crippen LogP contribution < -0.4 is 5.73 Å². The SMILES string of the molecule is CN(CCC1CCCC1)C(=O)CC(N)C(=O)O. The molecule has 0 aromatic rings. The lowest BCUT2D eigenvalue weighted by atomic mass is 10.0. The molecule has 1 atom stereocenters. The molecule has 1 fully saturated rings. The van der Waals surface area contributed by atoms with Crippen LogP contribution in [0.3, 0.4) is 0 Å². The highest BCUT2D eigenvalue weighted by atomic mass is 16.4. The standard InChI is InChI=1S/C12H22N2O3/c1-14(7-6-9-4-2-3-5-9)11(15)8-10(13)12(16)17/h9-10H,2-8,13H2,1H3,(H,16,17). The van der Waals surface area contributed by atoms with Crippen LogP contribution in [-0.4, -0.2) is 41.5 Å². The summed E-state index contributed by atoms with van der Waals surface area (Å²) in [5.74, 6) is -0.571. The van der Waals surface area contributed by atoms with E-state index in [0.29, 0.717) is 6.54 Å². The zero-order valence-corrected chi connectivity index (χ0v) is 10.4. The molecule has 1 aliphatic carbocycles. The largest absolute Gasteiger partial charge is 0.480 e. The molecule has 1 rings (SSSR count). The monoisotopic (exact) mass is 242 g/mol. The van der Waals surface area contributed by atoms with E-state index in [9.17, 15) is 9.59 Å². The quantitative estimate of drug-likeness (QED) is 0.722. The van der Waals surface area contributed by atoms with Crippen LogP contribution in [0.2, 0.25) is 0 Å². The Balaban J connectivity index is 2.23. The lowest BCUT2D eigenvalue weighted by Crippen LogP contribution is -2.38. The van der Waals surface area contributed by atoms with Gasteiger partial charge in [0.2, 0.25) is 5.91 Å². The third-order valence-corrected chi connectivity index (χ3v) is 3.48. The summed E-state index contributed by atoms with van der Waals surface area (Å²) in [6.07, 6.45) is 6.02. The number of nitrogens with two attached hydrogens (primary N) is 1. The molecule has 0 heterocycles. The van der Waals surface area contributed by atoms with Crippen LogP contribution in [0.15, 0.2) is 0 Å². The fourth-order valence-corrected chi connectivity index (χ4v) is 2.23. The first kappa shape index (κ1) is 14.0. The number of carboxylic acid groups (broad SMARTS) is 1. The Kier molecular flexibility index (Phi) is 5.41. The van der Waals surface area contributed by atoms with Gasteiger partial charge in [-0.05, 0) is 12.3 Å². The van der Waals surface area contributed by atoms with E-state index in [-0.39, 0.29) is 12.3 Å². The van der Waals surface area contributed by atoms with Crippen molar-refractivity contribution in [2.75, 3.05) is 13.6 Å². The van der Waals surface area contributed by atoms with Crippen molar-refractivity contribution in [2.24, 2.45) is 11.7 Å². The van der Waals surface area contributed by atoms with Crippen LogP contribution in [-0.2, 0) is 9.59 Å². The van der Waals surface area contributed by atoms with Gasteiger partial charge in [-0.1, -0.05) is 25.7 Å². The van der Waals surface area contributed by atoms with Crippen molar-refractivity contribution >= 4 is 11.9 Å². The maximum absolute atomic E-state index is 11.6. The molecule has 1 saturated carbocycles. The number of amides is 1. The van der Waals surface area contributed by atoms with Crippen LogP contribution in [0, 0.1) is 5.92 Å². The van der Waals surface area contributed by atoms with Gasteiger partial charge in [0.05, 0.1) is 6.42 Å². The summed E-state index contributed by atoms with van der Waals surface area (Å²) < 4.78 is 0. The summed E-state index contributed by atoms with van der Waals surface area (Å²) in [6.45, 7) is 0.704. The number of rotatable bonds is 6. The van der Waals surface area contributed by atoms with E-state index in [4.69, 9.17) is 10.8 Å². The lowest BCUT2D eigenvalue weighted by molar-refractivity contribution is -0.142. The summed E-state index contributed by atoms with van der Waals surface area (Å²) in [7, 11) is 1.71. The minimum atomic E-state index is -1.12. The zero-order chi connectivity index (χ0) is 12.8. The van der Waals surface area contributed by atoms with Gasteiger partial charge in [-0.15, -0.1) is 0 Å². The summed E-state index contributed by atoms with van der Waals surface area (Å²) in [4.78, 5) is 23.8. The number of hydrogen-bond donors (Lipinski definition) is 2. The molecule has 5 nitrogen and oxygen atoms in total. The molecule has 98 valence electrons. The number of carboxylic acids is 1. The van der Waals surface area contributed by atoms with Crippen LogP contribution in [0.5, 0.6) is 0 Å². The van der Waals surface area contributed by atoms with E-state index in [1.54, 1.807) is 11.9 Å². The van der Waals surface area contributed by atoms with Gasteiger partial charge in [0.1, 0.15) is 6.04 Å². The summed E-state index contributed by atoms with van der Waals surface area (Å²) in [6, 6.07) is -1.09. The van der Waals surface area contributed by atoms with Crippen molar-refractivity contribution in [2.45, 2.75) is 44.6 Å². The molecule has 0 radical (unpaired) electrons. The third kappa shape index (κ3) is 4.73. The average Bonchev–Trinajstić information content (AvgIpc) is 2.78. The van der Waals surface area contributed by atoms with E-state index in [1.165, 1.54) is 25.7 Å². The third-order valence-electron chi connectivity index (χ3n) is 3.48. The van der Waals surface area contributed by atoms with Gasteiger partial charge < -0.3 is 15.7 Å². The summed E-state index contributed by atoms with van der Waals surface area (Å²) >= 11 is 0. The molecule has 1 amide bonds. The minimum absolute atomic E-state index is 0.115. The normalized spacial score (nSPS) is 18.0. The van der Waals surface area contributed by atoms with E-state index in [2.05, 4.69) is 0 Å². The molecule has 5 heteroatoms. The first-order valence-corrected chi connectivity index (χ1v) is 6.23. The maximum Gasteiger partial charge on any atom is 0.321 e. The number of aliphatic carboxylic acids is 1. The van der Waals surface area contributed by atoms with Crippen molar-refractivity contribution in [3.05, 3.63) is 0 Å². The number of hydrogen-bond acceptors (Lipinski definition) is 3. The highest BCUT2D eigenvalue weighted by molar-refractivity contribution is 5.84. The molecule has 1 unspecified atom stereocenters. The van der Waals surface area contributed by atoms with Crippen LogP contribution in [0.4, 0.5) is 0 Å². The predicted molar refractivity (Wildman–Crippen MR) is 64.4 cm³/mol. The smallest absolute Gasteiger partial charge is 0.321 e. The molecular weight excluding hydrogens is 220 g/mol. The first-order valence-electron chi connectivity index (χ1n) is 6.23. The Labute approximate surface area is 102 Å². The number of carbonyl (C=O) groups is 2. The Bertz CT molecular complexity index is 275. The molecule has 0 bridgehead atoms. The number of nitrogens with zero attached hydrogens (tertiary/aromatic N) is 1. The van der Waals surface area contributed by atoms with Crippen molar-refractivity contribution in [1.82, 2.24) is 4.90 Å². The second-order valence-corrected chi connectivity index (χ2v) is 4.90. The zero-order valence-electron chi connectivity index (χ0n) is 10.4. The highest BCUT2D eigenvalue weighted by Crippen LogP contribution is 2.27. The fourth-order valence-electron chi connectivity index (χ4n) is 2.23. The van der Waals surface area contributed by atoms with Gasteiger partial charge in [0, 0.05) is 13.6 Å². The Morgan fingerprint density at radius 3 is 2.53 bits per heavy atom. The average molecular weight is 242 g/mol. The van der Waals surface area contributed by atoms with E-state index < -0.39 is 12.0 Å². The van der Waals surface area contributed by atoms with Gasteiger partial charge in [-0.2, -0.15) is 0 Å². The van der Waals surface area contributed by atoms with Crippen LogP contribution >= 0.6 is 0 Å². The summed E-state index contributed by atoms with van der Waals surface area (Å²) in [5, 5.41) is 8.62. The van der Waals surface area contributed by atoms with Crippen LogP contribution in [0.25, 0.3) is 0 Å². The molecule has 0 aromatic heterocycles. The van der Waals surface area contributed by atoms with E-state index in [0.717, 1.165) is 12.3 Å². The molecule has 0 saturated heterocycles. The second kappa shape index (κ2) is 6.59. The number of carbonyl (C=O) groups excluding carboxylic acids is 1. The molecule has 0 aromatic carbocycles.